The van der Waals surface area contributed by atoms with Crippen molar-refractivity contribution in [1.29, 1.82) is 0 Å². The Kier molecular flexibility index (Phi) is 6.92. The van der Waals surface area contributed by atoms with Crippen LogP contribution >= 0.6 is 0 Å². The van der Waals surface area contributed by atoms with E-state index in [4.69, 9.17) is 9.47 Å². The number of rotatable bonds is 5. The molecule has 2 aliphatic heterocycles. The average molecular weight is 425 g/mol. The van der Waals surface area contributed by atoms with Crippen LogP contribution in [0.2, 0.25) is 0 Å². The van der Waals surface area contributed by atoms with Crippen LogP contribution in [0.5, 0.6) is 0 Å². The molecule has 0 saturated carbocycles. The second kappa shape index (κ2) is 9.23. The third kappa shape index (κ3) is 5.34. The maximum absolute atomic E-state index is 12.6. The molecule has 0 unspecified atom stereocenters. The normalized spacial score (nSPS) is 23.6. The molecule has 2 saturated heterocycles. The van der Waals surface area contributed by atoms with Crippen molar-refractivity contribution >= 4 is 21.9 Å². The van der Waals surface area contributed by atoms with Crippen LogP contribution in [0, 0.1) is 11.8 Å². The minimum absolute atomic E-state index is 0.114. The van der Waals surface area contributed by atoms with Crippen LogP contribution in [-0.4, -0.2) is 75.5 Å². The summed E-state index contributed by atoms with van der Waals surface area (Å²) in [5, 5.41) is 0. The van der Waals surface area contributed by atoms with Gasteiger partial charge in [0.1, 0.15) is 0 Å². The lowest BCUT2D eigenvalue weighted by atomic mass is 9.92. The molecule has 0 aromatic heterocycles. The van der Waals surface area contributed by atoms with Crippen molar-refractivity contribution in [2.75, 3.05) is 46.0 Å². The summed E-state index contributed by atoms with van der Waals surface area (Å²) in [7, 11) is -3.61. The maximum Gasteiger partial charge on any atom is 0.338 e. The van der Waals surface area contributed by atoms with Crippen molar-refractivity contribution in [2.45, 2.75) is 25.2 Å². The molecule has 9 heteroatoms. The summed E-state index contributed by atoms with van der Waals surface area (Å²) in [6.07, 6.45) is 1.09. The minimum Gasteiger partial charge on any atom is -0.452 e. The zero-order chi connectivity index (χ0) is 21.0. The first kappa shape index (κ1) is 21.7. The van der Waals surface area contributed by atoms with Gasteiger partial charge in [0.15, 0.2) is 6.61 Å². The predicted molar refractivity (Wildman–Crippen MR) is 106 cm³/mol. The number of piperidine rings is 1. The number of likely N-dealkylation sites (tertiary alicyclic amines) is 1. The molecular formula is C20H28N2O6S. The van der Waals surface area contributed by atoms with Gasteiger partial charge < -0.3 is 14.4 Å². The topological polar surface area (TPSA) is 93.2 Å². The van der Waals surface area contributed by atoms with E-state index >= 15 is 0 Å². The van der Waals surface area contributed by atoms with Crippen molar-refractivity contribution in [2.24, 2.45) is 11.8 Å². The first-order valence-corrected chi connectivity index (χ1v) is 11.3. The zero-order valence-electron chi connectivity index (χ0n) is 16.9. The summed E-state index contributed by atoms with van der Waals surface area (Å²) >= 11 is 0. The van der Waals surface area contributed by atoms with Gasteiger partial charge in [-0.2, -0.15) is 4.31 Å². The summed E-state index contributed by atoms with van der Waals surface area (Å²) in [5.41, 5.74) is 0.208. The molecule has 1 aromatic carbocycles. The number of hydrogen-bond acceptors (Lipinski definition) is 6. The highest BCUT2D eigenvalue weighted by Gasteiger charge is 2.27. The van der Waals surface area contributed by atoms with Crippen LogP contribution in [0.25, 0.3) is 0 Å². The largest absolute Gasteiger partial charge is 0.452 e. The number of hydrogen-bond donors (Lipinski definition) is 0. The highest BCUT2D eigenvalue weighted by atomic mass is 32.2. The molecule has 2 atom stereocenters. The maximum atomic E-state index is 12.6. The smallest absolute Gasteiger partial charge is 0.338 e. The molecule has 3 rings (SSSR count). The van der Waals surface area contributed by atoms with Crippen molar-refractivity contribution in [1.82, 2.24) is 9.21 Å². The monoisotopic (exact) mass is 424 g/mol. The lowest BCUT2D eigenvalue weighted by Crippen LogP contribution is -2.44. The molecule has 0 aliphatic carbocycles. The van der Waals surface area contributed by atoms with Gasteiger partial charge in [0.05, 0.1) is 23.7 Å². The van der Waals surface area contributed by atoms with E-state index in [1.54, 1.807) is 4.90 Å². The van der Waals surface area contributed by atoms with Crippen LogP contribution in [0.1, 0.15) is 30.6 Å². The Labute approximate surface area is 171 Å². The summed E-state index contributed by atoms with van der Waals surface area (Å²) in [4.78, 5) is 26.4. The molecule has 0 radical (unpaired) electrons. The number of carbonyl (C=O) groups excluding carboxylic acids is 2. The molecule has 0 N–H and O–H groups in total. The average Bonchev–Trinajstić information content (AvgIpc) is 2.71. The predicted octanol–water partition coefficient (Wildman–Crippen LogP) is 1.37. The molecular weight excluding hydrogens is 396 g/mol. The van der Waals surface area contributed by atoms with Gasteiger partial charge in [0.25, 0.3) is 5.91 Å². The van der Waals surface area contributed by atoms with Gasteiger partial charge >= 0.3 is 5.97 Å². The molecule has 1 amide bonds. The Morgan fingerprint density at radius 3 is 2.24 bits per heavy atom. The van der Waals surface area contributed by atoms with Crippen LogP contribution < -0.4 is 0 Å². The van der Waals surface area contributed by atoms with E-state index in [1.807, 2.05) is 0 Å². The van der Waals surface area contributed by atoms with Crippen LogP contribution in [0.3, 0.4) is 0 Å². The van der Waals surface area contributed by atoms with Crippen LogP contribution in [0.4, 0.5) is 0 Å². The highest BCUT2D eigenvalue weighted by Crippen LogP contribution is 2.21. The van der Waals surface area contributed by atoms with Crippen molar-refractivity contribution < 1.29 is 27.5 Å². The first-order valence-electron chi connectivity index (χ1n) is 9.90. The van der Waals surface area contributed by atoms with Crippen molar-refractivity contribution in [3.05, 3.63) is 29.8 Å². The van der Waals surface area contributed by atoms with Crippen molar-refractivity contribution in [3.63, 3.8) is 0 Å². The number of morpholine rings is 1. The van der Waals surface area contributed by atoms with E-state index in [2.05, 4.69) is 13.8 Å². The number of benzene rings is 1. The van der Waals surface area contributed by atoms with Gasteiger partial charge in [-0.3, -0.25) is 4.79 Å². The van der Waals surface area contributed by atoms with Crippen LogP contribution in [-0.2, 0) is 24.3 Å². The molecule has 1 aromatic rings. The summed E-state index contributed by atoms with van der Waals surface area (Å²) < 4.78 is 36.9. The van der Waals surface area contributed by atoms with E-state index in [0.29, 0.717) is 51.2 Å². The van der Waals surface area contributed by atoms with Gasteiger partial charge in [-0.25, -0.2) is 13.2 Å². The number of carbonyl (C=O) groups is 2. The minimum atomic E-state index is -3.61. The van der Waals surface area contributed by atoms with E-state index in [1.165, 1.54) is 28.6 Å². The molecule has 0 bridgehead atoms. The summed E-state index contributed by atoms with van der Waals surface area (Å²) in [5.74, 6) is 0.00812. The number of ether oxygens (including phenoxy) is 2. The summed E-state index contributed by atoms with van der Waals surface area (Å²) in [6.45, 7) is 6.60. The Balaban J connectivity index is 1.57. The third-order valence-electron chi connectivity index (χ3n) is 5.25. The Morgan fingerprint density at radius 1 is 1.07 bits per heavy atom. The Bertz CT molecular complexity index is 823. The molecule has 29 heavy (non-hydrogen) atoms. The molecule has 2 aliphatic rings. The zero-order valence-corrected chi connectivity index (χ0v) is 17.7. The van der Waals surface area contributed by atoms with E-state index in [0.717, 1.165) is 6.42 Å². The van der Waals surface area contributed by atoms with E-state index < -0.39 is 16.0 Å². The standard InChI is InChI=1S/C20H28N2O6S/c1-15-11-16(2)13-21(12-15)19(23)14-28-20(24)17-3-5-18(6-4-17)29(25,26)22-7-9-27-10-8-22/h3-6,15-16H,7-14H2,1-2H3/t15-,16+. The quantitative estimate of drug-likeness (QED) is 0.663. The van der Waals surface area contributed by atoms with Gasteiger partial charge in [-0.1, -0.05) is 13.8 Å². The number of nitrogens with zero attached hydrogens (tertiary/aromatic N) is 2. The molecule has 0 spiro atoms. The number of sulfonamides is 1. The van der Waals surface area contributed by atoms with Crippen LogP contribution in [0.15, 0.2) is 29.2 Å². The van der Waals surface area contributed by atoms with Crippen molar-refractivity contribution in [3.8, 4) is 0 Å². The van der Waals surface area contributed by atoms with Gasteiger partial charge in [-0.05, 0) is 42.5 Å². The fourth-order valence-electron chi connectivity index (χ4n) is 3.87. The second-order valence-corrected chi connectivity index (χ2v) is 9.80. The second-order valence-electron chi connectivity index (χ2n) is 7.86. The van der Waals surface area contributed by atoms with Gasteiger partial charge in [-0.15, -0.1) is 0 Å². The highest BCUT2D eigenvalue weighted by molar-refractivity contribution is 7.89. The van der Waals surface area contributed by atoms with E-state index in [9.17, 15) is 18.0 Å². The third-order valence-corrected chi connectivity index (χ3v) is 7.16. The fraction of sp³-hybridized carbons (Fsp3) is 0.600. The van der Waals surface area contributed by atoms with Gasteiger partial charge in [0, 0.05) is 26.2 Å². The first-order chi connectivity index (χ1) is 13.8. The molecule has 8 nitrogen and oxygen atoms in total. The lowest BCUT2D eigenvalue weighted by Gasteiger charge is -2.34. The Morgan fingerprint density at radius 2 is 1.66 bits per heavy atom. The summed E-state index contributed by atoms with van der Waals surface area (Å²) in [6, 6.07) is 5.59. The van der Waals surface area contributed by atoms with E-state index in [-0.39, 0.29) is 23.0 Å². The van der Waals surface area contributed by atoms with Gasteiger partial charge in [0.2, 0.25) is 10.0 Å². The SMILES string of the molecule is C[C@@H]1C[C@H](C)CN(C(=O)COC(=O)c2ccc(S(=O)(=O)N3CCOCC3)cc2)C1. The molecule has 160 valence electrons. The number of esters is 1. The molecule has 2 heterocycles. The Hall–Kier alpha value is -1.97. The molecule has 2 fully saturated rings. The lowest BCUT2D eigenvalue weighted by molar-refractivity contribution is -0.137. The number of amides is 1. The fourth-order valence-corrected chi connectivity index (χ4v) is 5.28.